The number of fused-ring (bicyclic) bond motifs is 1. The highest BCUT2D eigenvalue weighted by molar-refractivity contribution is 5.90. The van der Waals surface area contributed by atoms with E-state index >= 15 is 0 Å². The molecule has 0 bridgehead atoms. The maximum atomic E-state index is 5.47. The van der Waals surface area contributed by atoms with Crippen LogP contribution < -0.4 is 10.1 Å². The molecule has 1 aromatic carbocycles. The number of hydrogen-bond donors (Lipinski definition) is 1. The van der Waals surface area contributed by atoms with Crippen molar-refractivity contribution in [2.45, 2.75) is 26.4 Å². The Morgan fingerprint density at radius 1 is 1.35 bits per heavy atom. The lowest BCUT2D eigenvalue weighted by Gasteiger charge is -2.09. The van der Waals surface area contributed by atoms with Gasteiger partial charge in [-0.15, -0.1) is 0 Å². The van der Waals surface area contributed by atoms with E-state index in [4.69, 9.17) is 4.74 Å². The molecule has 1 heterocycles. The lowest BCUT2D eigenvalue weighted by Crippen LogP contribution is -2.04. The molecule has 3 heteroatoms. The Kier molecular flexibility index (Phi) is 3.38. The summed E-state index contributed by atoms with van der Waals surface area (Å²) in [5, 5.41) is 4.43. The number of benzene rings is 1. The molecule has 0 saturated carbocycles. The Bertz CT molecular complexity index is 514. The molecule has 0 aliphatic heterocycles. The molecule has 3 nitrogen and oxygen atoms in total. The van der Waals surface area contributed by atoms with Crippen LogP contribution in [0, 0.1) is 0 Å². The number of nitrogens with zero attached hydrogens (tertiary/aromatic N) is 1. The Hall–Kier alpha value is -1.48. The molecule has 17 heavy (non-hydrogen) atoms. The van der Waals surface area contributed by atoms with E-state index in [0.29, 0.717) is 6.04 Å². The van der Waals surface area contributed by atoms with Gasteiger partial charge in [0.05, 0.1) is 12.6 Å². The number of ether oxygens (including phenoxy) is 1. The van der Waals surface area contributed by atoms with E-state index < -0.39 is 0 Å². The molecule has 0 unspecified atom stereocenters. The highest BCUT2D eigenvalue weighted by Gasteiger charge is 2.13. The second-order valence-electron chi connectivity index (χ2n) is 4.54. The first-order valence-electron chi connectivity index (χ1n) is 6.00. The largest absolute Gasteiger partial charge is 0.496 e. The van der Waals surface area contributed by atoms with Crippen LogP contribution in [0.15, 0.2) is 24.4 Å². The summed E-state index contributed by atoms with van der Waals surface area (Å²) in [5.41, 5.74) is 2.53. The van der Waals surface area contributed by atoms with E-state index in [9.17, 15) is 0 Å². The van der Waals surface area contributed by atoms with E-state index in [1.54, 1.807) is 7.11 Å². The monoisotopic (exact) mass is 232 g/mol. The van der Waals surface area contributed by atoms with Gasteiger partial charge in [0, 0.05) is 24.2 Å². The third-order valence-electron chi connectivity index (χ3n) is 3.04. The van der Waals surface area contributed by atoms with Gasteiger partial charge in [-0.2, -0.15) is 0 Å². The van der Waals surface area contributed by atoms with Gasteiger partial charge in [-0.1, -0.05) is 6.07 Å². The fourth-order valence-electron chi connectivity index (χ4n) is 2.28. The van der Waals surface area contributed by atoms with Gasteiger partial charge in [-0.05, 0) is 38.6 Å². The molecule has 0 aliphatic carbocycles. The number of nitrogens with one attached hydrogen (secondary N) is 1. The zero-order chi connectivity index (χ0) is 12.4. The minimum Gasteiger partial charge on any atom is -0.496 e. The van der Waals surface area contributed by atoms with Crippen molar-refractivity contribution in [1.82, 2.24) is 9.88 Å². The first kappa shape index (κ1) is 12.0. The quantitative estimate of drug-likeness (QED) is 0.877. The lowest BCUT2D eigenvalue weighted by molar-refractivity contribution is 0.419. The molecule has 0 saturated heterocycles. The molecule has 0 aliphatic rings. The van der Waals surface area contributed by atoms with E-state index in [0.717, 1.165) is 12.3 Å². The van der Waals surface area contributed by atoms with Crippen LogP contribution in [0.1, 0.15) is 25.5 Å². The number of methoxy groups -OCH3 is 1. The van der Waals surface area contributed by atoms with Crippen LogP contribution in [0.3, 0.4) is 0 Å². The van der Waals surface area contributed by atoms with Crippen LogP contribution in [0.5, 0.6) is 5.75 Å². The molecule has 0 atom stereocenters. The SMILES string of the molecule is CNCc1cn(C(C)C)c2cccc(OC)c12. The standard InChI is InChI=1S/C14H20N2O/c1-10(2)16-9-11(8-15-3)14-12(16)6-5-7-13(14)17-4/h5-7,9-10,15H,8H2,1-4H3. The smallest absolute Gasteiger partial charge is 0.128 e. The van der Waals surface area contributed by atoms with E-state index in [1.165, 1.54) is 16.5 Å². The molecule has 92 valence electrons. The molecule has 0 amide bonds. The third-order valence-corrected chi connectivity index (χ3v) is 3.04. The second-order valence-corrected chi connectivity index (χ2v) is 4.54. The number of rotatable bonds is 4. The average Bonchev–Trinajstić information content (AvgIpc) is 2.69. The predicted octanol–water partition coefficient (Wildman–Crippen LogP) is 2.95. The summed E-state index contributed by atoms with van der Waals surface area (Å²) in [4.78, 5) is 0. The fraction of sp³-hybridized carbons (Fsp3) is 0.429. The first-order valence-corrected chi connectivity index (χ1v) is 6.00. The minimum absolute atomic E-state index is 0.454. The summed E-state index contributed by atoms with van der Waals surface area (Å²) in [6, 6.07) is 6.67. The van der Waals surface area contributed by atoms with Gasteiger partial charge in [0.2, 0.25) is 0 Å². The van der Waals surface area contributed by atoms with Gasteiger partial charge in [0.15, 0.2) is 0 Å². The zero-order valence-corrected chi connectivity index (χ0v) is 10.9. The fourth-order valence-corrected chi connectivity index (χ4v) is 2.28. The summed E-state index contributed by atoms with van der Waals surface area (Å²) in [6.45, 7) is 5.25. The highest BCUT2D eigenvalue weighted by atomic mass is 16.5. The Morgan fingerprint density at radius 2 is 2.12 bits per heavy atom. The van der Waals surface area contributed by atoms with Gasteiger partial charge in [0.1, 0.15) is 5.75 Å². The second kappa shape index (κ2) is 4.80. The van der Waals surface area contributed by atoms with Crippen LogP contribution in [0.25, 0.3) is 10.9 Å². The van der Waals surface area contributed by atoms with Crippen LogP contribution in [-0.2, 0) is 6.54 Å². The molecule has 2 aromatic rings. The lowest BCUT2D eigenvalue weighted by atomic mass is 10.1. The van der Waals surface area contributed by atoms with Crippen LogP contribution >= 0.6 is 0 Å². The molecular formula is C14H20N2O. The van der Waals surface area contributed by atoms with Crippen molar-refractivity contribution < 1.29 is 4.74 Å². The van der Waals surface area contributed by atoms with Crippen molar-refractivity contribution >= 4 is 10.9 Å². The molecular weight excluding hydrogens is 212 g/mol. The first-order chi connectivity index (χ1) is 8.19. The van der Waals surface area contributed by atoms with Crippen molar-refractivity contribution in [3.05, 3.63) is 30.0 Å². The van der Waals surface area contributed by atoms with Gasteiger partial charge < -0.3 is 14.6 Å². The van der Waals surface area contributed by atoms with Gasteiger partial charge in [-0.25, -0.2) is 0 Å². The maximum absolute atomic E-state index is 5.47. The third kappa shape index (κ3) is 2.03. The molecule has 0 fully saturated rings. The summed E-state index contributed by atoms with van der Waals surface area (Å²) >= 11 is 0. The Balaban J connectivity index is 2.71. The van der Waals surface area contributed by atoms with Crippen LogP contribution in [-0.4, -0.2) is 18.7 Å². The topological polar surface area (TPSA) is 26.2 Å². The highest BCUT2D eigenvalue weighted by Crippen LogP contribution is 2.32. The number of hydrogen-bond acceptors (Lipinski definition) is 2. The average molecular weight is 232 g/mol. The molecule has 0 radical (unpaired) electrons. The van der Waals surface area contributed by atoms with Crippen molar-refractivity contribution in [2.75, 3.05) is 14.2 Å². The van der Waals surface area contributed by atoms with Crippen molar-refractivity contribution in [1.29, 1.82) is 0 Å². The van der Waals surface area contributed by atoms with Crippen molar-refractivity contribution in [3.63, 3.8) is 0 Å². The zero-order valence-electron chi connectivity index (χ0n) is 10.9. The van der Waals surface area contributed by atoms with Crippen molar-refractivity contribution in [3.8, 4) is 5.75 Å². The van der Waals surface area contributed by atoms with Gasteiger partial charge >= 0.3 is 0 Å². The Morgan fingerprint density at radius 3 is 2.71 bits per heavy atom. The minimum atomic E-state index is 0.454. The summed E-state index contributed by atoms with van der Waals surface area (Å²) < 4.78 is 7.76. The molecule has 0 spiro atoms. The van der Waals surface area contributed by atoms with Gasteiger partial charge in [-0.3, -0.25) is 0 Å². The van der Waals surface area contributed by atoms with E-state index in [1.807, 2.05) is 19.2 Å². The van der Waals surface area contributed by atoms with Crippen molar-refractivity contribution in [2.24, 2.45) is 0 Å². The number of aromatic nitrogens is 1. The molecule has 1 N–H and O–H groups in total. The Labute approximate surface area is 102 Å². The van der Waals surface area contributed by atoms with Gasteiger partial charge in [0.25, 0.3) is 0 Å². The molecule has 2 rings (SSSR count). The molecule has 1 aromatic heterocycles. The maximum Gasteiger partial charge on any atom is 0.128 e. The van der Waals surface area contributed by atoms with E-state index in [-0.39, 0.29) is 0 Å². The van der Waals surface area contributed by atoms with E-state index in [2.05, 4.69) is 36.0 Å². The summed E-state index contributed by atoms with van der Waals surface area (Å²) in [7, 11) is 3.69. The summed E-state index contributed by atoms with van der Waals surface area (Å²) in [6.07, 6.45) is 2.22. The summed E-state index contributed by atoms with van der Waals surface area (Å²) in [5.74, 6) is 0.951. The van der Waals surface area contributed by atoms with Crippen LogP contribution in [0.4, 0.5) is 0 Å². The predicted molar refractivity (Wildman–Crippen MR) is 71.6 cm³/mol. The normalized spacial score (nSPS) is 11.4. The van der Waals surface area contributed by atoms with Crippen LogP contribution in [0.2, 0.25) is 0 Å².